The SMILES string of the molecule is Cc1ccc2nc(-c3ccc(N4CCC(O[C@H]5CC[C@H](C(=O)O)CC5)CC4)nc3)[nH]c2n1. The number of pyridine rings is 2. The van der Waals surface area contributed by atoms with Gasteiger partial charge in [-0.05, 0) is 69.7 Å². The monoisotopic (exact) mass is 435 g/mol. The Hall–Kier alpha value is -3.00. The molecule has 0 unspecified atom stereocenters. The third kappa shape index (κ3) is 4.46. The van der Waals surface area contributed by atoms with Crippen LogP contribution in [0.3, 0.4) is 0 Å². The first-order valence-corrected chi connectivity index (χ1v) is 11.5. The highest BCUT2D eigenvalue weighted by atomic mass is 16.5. The Morgan fingerprint density at radius 3 is 2.47 bits per heavy atom. The molecular formula is C24H29N5O3. The zero-order chi connectivity index (χ0) is 22.1. The number of hydrogen-bond donors (Lipinski definition) is 2. The standard InChI is InChI=1S/C24H29N5O3/c1-15-2-8-20-23(26-15)28-22(27-20)17-5-9-21(25-14-17)29-12-10-19(11-13-29)32-18-6-3-16(4-7-18)24(30)31/h2,5,8-9,14,16,18-19H,3-4,6-7,10-13H2,1H3,(H,30,31)(H,26,27,28)/t16-,18-. The lowest BCUT2D eigenvalue weighted by molar-refractivity contribution is -0.144. The number of carboxylic acid groups (broad SMARTS) is 1. The minimum atomic E-state index is -0.664. The van der Waals surface area contributed by atoms with Crippen LogP contribution in [0.15, 0.2) is 30.5 Å². The number of aryl methyl sites for hydroxylation is 1. The lowest BCUT2D eigenvalue weighted by atomic mass is 9.87. The van der Waals surface area contributed by atoms with Crippen LogP contribution < -0.4 is 4.90 Å². The van der Waals surface area contributed by atoms with Crippen molar-refractivity contribution < 1.29 is 14.6 Å². The molecule has 2 N–H and O–H groups in total. The predicted octanol–water partition coefficient (Wildman–Crippen LogP) is 3.96. The van der Waals surface area contributed by atoms with Crippen LogP contribution in [0, 0.1) is 12.8 Å². The molecule has 32 heavy (non-hydrogen) atoms. The summed E-state index contributed by atoms with van der Waals surface area (Å²) in [4.78, 5) is 30.5. The molecule has 168 valence electrons. The summed E-state index contributed by atoms with van der Waals surface area (Å²) in [5, 5.41) is 9.15. The van der Waals surface area contributed by atoms with Crippen LogP contribution in [-0.2, 0) is 9.53 Å². The van der Waals surface area contributed by atoms with Crippen molar-refractivity contribution in [1.82, 2.24) is 19.9 Å². The second-order valence-electron chi connectivity index (χ2n) is 8.95. The topological polar surface area (TPSA) is 104 Å². The van der Waals surface area contributed by atoms with E-state index in [1.54, 1.807) is 0 Å². The van der Waals surface area contributed by atoms with Crippen molar-refractivity contribution in [1.29, 1.82) is 0 Å². The number of rotatable bonds is 5. The fourth-order valence-corrected chi connectivity index (χ4v) is 4.78. The van der Waals surface area contributed by atoms with Gasteiger partial charge in [-0.3, -0.25) is 4.79 Å². The molecule has 3 aromatic heterocycles. The number of piperidine rings is 1. The number of nitrogens with zero attached hydrogens (tertiary/aromatic N) is 4. The second kappa shape index (κ2) is 8.86. The molecule has 0 spiro atoms. The van der Waals surface area contributed by atoms with Crippen LogP contribution in [-0.4, -0.2) is 56.3 Å². The van der Waals surface area contributed by atoms with Gasteiger partial charge in [0.25, 0.3) is 0 Å². The summed E-state index contributed by atoms with van der Waals surface area (Å²) >= 11 is 0. The zero-order valence-corrected chi connectivity index (χ0v) is 18.3. The van der Waals surface area contributed by atoms with Gasteiger partial charge in [0.15, 0.2) is 5.65 Å². The van der Waals surface area contributed by atoms with Crippen molar-refractivity contribution in [3.63, 3.8) is 0 Å². The molecule has 2 fully saturated rings. The summed E-state index contributed by atoms with van der Waals surface area (Å²) in [6.45, 7) is 3.79. The van der Waals surface area contributed by atoms with E-state index in [-0.39, 0.29) is 18.1 Å². The number of nitrogens with one attached hydrogen (secondary N) is 1. The molecule has 1 aliphatic carbocycles. The molecule has 0 amide bonds. The van der Waals surface area contributed by atoms with Crippen LogP contribution in [0.5, 0.6) is 0 Å². The summed E-state index contributed by atoms with van der Waals surface area (Å²) in [6.07, 6.45) is 7.45. The van der Waals surface area contributed by atoms with Gasteiger partial charge in [0.2, 0.25) is 0 Å². The Kier molecular flexibility index (Phi) is 5.78. The van der Waals surface area contributed by atoms with Gasteiger partial charge in [0.1, 0.15) is 17.2 Å². The van der Waals surface area contributed by atoms with Crippen LogP contribution in [0.2, 0.25) is 0 Å². The van der Waals surface area contributed by atoms with E-state index in [0.29, 0.717) is 0 Å². The molecule has 8 heteroatoms. The van der Waals surface area contributed by atoms with Gasteiger partial charge in [0, 0.05) is 30.5 Å². The maximum Gasteiger partial charge on any atom is 0.306 e. The number of aromatic nitrogens is 4. The first-order chi connectivity index (χ1) is 15.5. The maximum absolute atomic E-state index is 11.1. The van der Waals surface area contributed by atoms with Crippen LogP contribution in [0.1, 0.15) is 44.2 Å². The van der Waals surface area contributed by atoms with E-state index in [1.165, 1.54) is 0 Å². The highest BCUT2D eigenvalue weighted by Gasteiger charge is 2.29. The van der Waals surface area contributed by atoms with Crippen molar-refractivity contribution in [3.05, 3.63) is 36.2 Å². The average molecular weight is 436 g/mol. The fraction of sp³-hybridized carbons (Fsp3) is 0.500. The third-order valence-corrected chi connectivity index (χ3v) is 6.68. The molecular weight excluding hydrogens is 406 g/mol. The Morgan fingerprint density at radius 2 is 1.78 bits per heavy atom. The number of ether oxygens (including phenoxy) is 1. The summed E-state index contributed by atoms with van der Waals surface area (Å²) in [5.74, 6) is 0.897. The van der Waals surface area contributed by atoms with E-state index in [4.69, 9.17) is 9.84 Å². The van der Waals surface area contributed by atoms with E-state index >= 15 is 0 Å². The molecule has 0 aromatic carbocycles. The number of aromatic amines is 1. The van der Waals surface area contributed by atoms with Gasteiger partial charge in [-0.2, -0.15) is 0 Å². The van der Waals surface area contributed by atoms with Crippen molar-refractivity contribution >= 4 is 23.0 Å². The molecule has 0 bridgehead atoms. The first kappa shape index (κ1) is 20.9. The van der Waals surface area contributed by atoms with Gasteiger partial charge in [-0.15, -0.1) is 0 Å². The molecule has 4 heterocycles. The van der Waals surface area contributed by atoms with Crippen molar-refractivity contribution in [3.8, 4) is 11.4 Å². The summed E-state index contributed by atoms with van der Waals surface area (Å²) in [5.41, 5.74) is 3.55. The van der Waals surface area contributed by atoms with E-state index in [2.05, 4.69) is 37.0 Å². The summed E-state index contributed by atoms with van der Waals surface area (Å²) in [7, 11) is 0. The second-order valence-corrected chi connectivity index (χ2v) is 8.95. The van der Waals surface area contributed by atoms with Gasteiger partial charge >= 0.3 is 5.97 Å². The summed E-state index contributed by atoms with van der Waals surface area (Å²) < 4.78 is 6.30. The summed E-state index contributed by atoms with van der Waals surface area (Å²) in [6, 6.07) is 8.04. The number of H-pyrrole nitrogens is 1. The number of fused-ring (bicyclic) bond motifs is 1. The molecule has 0 radical (unpaired) electrons. The number of hydrogen-bond acceptors (Lipinski definition) is 6. The fourth-order valence-electron chi connectivity index (χ4n) is 4.78. The number of imidazole rings is 1. The van der Waals surface area contributed by atoms with Crippen LogP contribution in [0.4, 0.5) is 5.82 Å². The molecule has 8 nitrogen and oxygen atoms in total. The molecule has 3 aromatic rings. The lowest BCUT2D eigenvalue weighted by Crippen LogP contribution is -2.39. The van der Waals surface area contributed by atoms with Crippen molar-refractivity contribution in [2.24, 2.45) is 5.92 Å². The molecule has 2 aliphatic rings. The first-order valence-electron chi connectivity index (χ1n) is 11.5. The predicted molar refractivity (Wildman–Crippen MR) is 122 cm³/mol. The van der Waals surface area contributed by atoms with Gasteiger partial charge in [0.05, 0.1) is 18.1 Å². The van der Waals surface area contributed by atoms with E-state index in [0.717, 1.165) is 85.7 Å². The number of carboxylic acids is 1. The van der Waals surface area contributed by atoms with Crippen molar-refractivity contribution in [2.75, 3.05) is 18.0 Å². The van der Waals surface area contributed by atoms with Crippen LogP contribution >= 0.6 is 0 Å². The maximum atomic E-state index is 11.1. The highest BCUT2D eigenvalue weighted by molar-refractivity contribution is 5.76. The van der Waals surface area contributed by atoms with Gasteiger partial charge in [-0.25, -0.2) is 15.0 Å². The minimum Gasteiger partial charge on any atom is -0.481 e. The Morgan fingerprint density at radius 1 is 1.03 bits per heavy atom. The Bertz CT molecular complexity index is 1080. The quantitative estimate of drug-likeness (QED) is 0.625. The van der Waals surface area contributed by atoms with Crippen molar-refractivity contribution in [2.45, 2.75) is 57.7 Å². The van der Waals surface area contributed by atoms with E-state index < -0.39 is 5.97 Å². The normalized spacial score (nSPS) is 22.3. The molecule has 0 atom stereocenters. The lowest BCUT2D eigenvalue weighted by Gasteiger charge is -2.36. The number of carbonyl (C=O) groups is 1. The Labute approximate surface area is 187 Å². The molecule has 1 aliphatic heterocycles. The highest BCUT2D eigenvalue weighted by Crippen LogP contribution is 2.30. The van der Waals surface area contributed by atoms with Gasteiger partial charge < -0.3 is 19.7 Å². The molecule has 5 rings (SSSR count). The Balaban J connectivity index is 1.15. The number of aliphatic carboxylic acids is 1. The zero-order valence-electron chi connectivity index (χ0n) is 18.3. The molecule has 1 saturated carbocycles. The third-order valence-electron chi connectivity index (χ3n) is 6.68. The largest absolute Gasteiger partial charge is 0.481 e. The minimum absolute atomic E-state index is 0.189. The van der Waals surface area contributed by atoms with Gasteiger partial charge in [-0.1, -0.05) is 0 Å². The average Bonchev–Trinajstić information content (AvgIpc) is 3.23. The number of anilines is 1. The molecule has 1 saturated heterocycles. The van der Waals surface area contributed by atoms with Crippen LogP contribution in [0.25, 0.3) is 22.6 Å². The van der Waals surface area contributed by atoms with E-state index in [9.17, 15) is 4.79 Å². The van der Waals surface area contributed by atoms with E-state index in [1.807, 2.05) is 25.3 Å². The smallest absolute Gasteiger partial charge is 0.306 e.